The minimum atomic E-state index is 0.592. The van der Waals surface area contributed by atoms with Gasteiger partial charge in [-0.1, -0.05) is 0 Å². The molecule has 0 radical (unpaired) electrons. The minimum Gasteiger partial charge on any atom is -0.327 e. The van der Waals surface area contributed by atoms with E-state index in [1.807, 2.05) is 36.2 Å². The van der Waals surface area contributed by atoms with Crippen molar-refractivity contribution in [2.45, 2.75) is 20.4 Å². The fourth-order valence-corrected chi connectivity index (χ4v) is 2.72. The van der Waals surface area contributed by atoms with Crippen LogP contribution >= 0.6 is 11.3 Å². The molecule has 0 unspecified atom stereocenters. The van der Waals surface area contributed by atoms with Gasteiger partial charge in [0.05, 0.1) is 24.0 Å². The third-order valence-corrected chi connectivity index (χ3v) is 3.97. The summed E-state index contributed by atoms with van der Waals surface area (Å²) in [6.45, 7) is 4.62. The summed E-state index contributed by atoms with van der Waals surface area (Å²) in [7, 11) is 0. The number of aryl methyl sites for hydroxylation is 1. The van der Waals surface area contributed by atoms with Crippen molar-refractivity contribution in [3.05, 3.63) is 35.0 Å². The highest BCUT2D eigenvalue weighted by atomic mass is 32.1. The van der Waals surface area contributed by atoms with Crippen molar-refractivity contribution in [3.8, 4) is 0 Å². The van der Waals surface area contributed by atoms with E-state index < -0.39 is 0 Å². The molecule has 3 N–H and O–H groups in total. The number of fused-ring (bicyclic) bond motifs is 1. The molecule has 3 heterocycles. The number of nitrogens with two attached hydrogens (primary N) is 1. The van der Waals surface area contributed by atoms with Crippen molar-refractivity contribution in [3.63, 3.8) is 0 Å². The molecule has 0 saturated carbocycles. The smallest absolute Gasteiger partial charge is 0.152 e. The standard InChI is InChI=1S/C12H14N6S/c1-7-8(2)18(6-14-7)5-10-15-11(17-13)9-3-4-19-12(9)16-10/h3-4,6H,5,13H2,1-2H3,(H,15,16,17). The number of nitrogens with one attached hydrogen (secondary N) is 1. The van der Waals surface area contributed by atoms with Crippen LogP contribution in [0.4, 0.5) is 5.82 Å². The van der Waals surface area contributed by atoms with E-state index in [1.54, 1.807) is 11.3 Å². The van der Waals surface area contributed by atoms with E-state index >= 15 is 0 Å². The molecule has 0 aliphatic rings. The van der Waals surface area contributed by atoms with E-state index in [1.165, 1.54) is 0 Å². The number of thiophene rings is 1. The monoisotopic (exact) mass is 274 g/mol. The van der Waals surface area contributed by atoms with Gasteiger partial charge in [0.1, 0.15) is 4.83 Å². The van der Waals surface area contributed by atoms with Gasteiger partial charge in [0, 0.05) is 5.69 Å². The lowest BCUT2D eigenvalue weighted by molar-refractivity contribution is 0.727. The van der Waals surface area contributed by atoms with Crippen LogP contribution in [0.15, 0.2) is 17.8 Å². The van der Waals surface area contributed by atoms with Gasteiger partial charge in [-0.3, -0.25) is 0 Å². The lowest BCUT2D eigenvalue weighted by atomic mass is 10.3. The Labute approximate surface area is 114 Å². The molecule has 0 saturated heterocycles. The Hall–Kier alpha value is -1.99. The molecule has 0 aromatic carbocycles. The van der Waals surface area contributed by atoms with E-state index in [0.29, 0.717) is 12.4 Å². The molecule has 0 aliphatic carbocycles. The number of nitrogens with zero attached hydrogens (tertiary/aromatic N) is 4. The SMILES string of the molecule is Cc1ncn(Cc2nc(NN)c3ccsc3n2)c1C. The molecule has 7 heteroatoms. The lowest BCUT2D eigenvalue weighted by Crippen LogP contribution is -2.12. The normalized spacial score (nSPS) is 11.1. The molecule has 0 bridgehead atoms. The van der Waals surface area contributed by atoms with Gasteiger partial charge in [-0.25, -0.2) is 20.8 Å². The largest absolute Gasteiger partial charge is 0.327 e. The van der Waals surface area contributed by atoms with E-state index in [-0.39, 0.29) is 0 Å². The van der Waals surface area contributed by atoms with Crippen LogP contribution in [-0.4, -0.2) is 19.5 Å². The van der Waals surface area contributed by atoms with E-state index in [2.05, 4.69) is 20.4 Å². The summed E-state index contributed by atoms with van der Waals surface area (Å²) in [4.78, 5) is 14.2. The summed E-state index contributed by atoms with van der Waals surface area (Å²) in [5.74, 6) is 6.90. The molecule has 6 nitrogen and oxygen atoms in total. The topological polar surface area (TPSA) is 81.7 Å². The second-order valence-corrected chi connectivity index (χ2v) is 5.21. The van der Waals surface area contributed by atoms with Crippen LogP contribution in [0.5, 0.6) is 0 Å². The van der Waals surface area contributed by atoms with Crippen molar-refractivity contribution in [2.75, 3.05) is 5.43 Å². The Morgan fingerprint density at radius 1 is 1.37 bits per heavy atom. The lowest BCUT2D eigenvalue weighted by Gasteiger charge is -2.07. The molecule has 0 aliphatic heterocycles. The minimum absolute atomic E-state index is 0.592. The van der Waals surface area contributed by atoms with Crippen molar-refractivity contribution >= 4 is 27.4 Å². The molecule has 3 aromatic heterocycles. The van der Waals surface area contributed by atoms with Gasteiger partial charge >= 0.3 is 0 Å². The fourth-order valence-electron chi connectivity index (χ4n) is 1.94. The van der Waals surface area contributed by atoms with Gasteiger partial charge in [0.15, 0.2) is 11.6 Å². The van der Waals surface area contributed by atoms with E-state index in [9.17, 15) is 0 Å². The summed E-state index contributed by atoms with van der Waals surface area (Å²) in [6, 6.07) is 1.96. The Morgan fingerprint density at radius 2 is 2.21 bits per heavy atom. The Morgan fingerprint density at radius 3 is 2.89 bits per heavy atom. The molecule has 98 valence electrons. The molecule has 19 heavy (non-hydrogen) atoms. The van der Waals surface area contributed by atoms with Crippen LogP contribution in [-0.2, 0) is 6.54 Å². The predicted molar refractivity (Wildman–Crippen MR) is 76.0 cm³/mol. The van der Waals surface area contributed by atoms with Crippen molar-refractivity contribution in [1.82, 2.24) is 19.5 Å². The first kappa shape index (κ1) is 12.1. The molecule has 3 rings (SSSR count). The highest BCUT2D eigenvalue weighted by Crippen LogP contribution is 2.24. The molecule has 0 atom stereocenters. The Balaban J connectivity index is 2.03. The quantitative estimate of drug-likeness (QED) is 0.562. The average Bonchev–Trinajstić information content (AvgIpc) is 2.99. The zero-order valence-corrected chi connectivity index (χ0v) is 11.5. The second kappa shape index (κ2) is 4.60. The third kappa shape index (κ3) is 2.06. The average molecular weight is 274 g/mol. The Kier molecular flexibility index (Phi) is 2.92. The van der Waals surface area contributed by atoms with Crippen LogP contribution in [0, 0.1) is 13.8 Å². The second-order valence-electron chi connectivity index (χ2n) is 4.32. The van der Waals surface area contributed by atoms with Crippen LogP contribution in [0.1, 0.15) is 17.2 Å². The van der Waals surface area contributed by atoms with Gasteiger partial charge in [-0.05, 0) is 25.3 Å². The van der Waals surface area contributed by atoms with Crippen LogP contribution in [0.3, 0.4) is 0 Å². The molecule has 0 fully saturated rings. The summed E-state index contributed by atoms with van der Waals surface area (Å²) < 4.78 is 2.03. The fraction of sp³-hybridized carbons (Fsp3) is 0.250. The van der Waals surface area contributed by atoms with Gasteiger partial charge in [0.2, 0.25) is 0 Å². The first-order valence-corrected chi connectivity index (χ1v) is 6.76. The van der Waals surface area contributed by atoms with Gasteiger partial charge in [-0.15, -0.1) is 11.3 Å². The summed E-state index contributed by atoms with van der Waals surface area (Å²) in [5, 5.41) is 2.94. The number of nitrogen functional groups attached to an aromatic ring is 1. The maximum atomic E-state index is 5.52. The summed E-state index contributed by atoms with van der Waals surface area (Å²) in [5.41, 5.74) is 4.78. The Bertz CT molecular complexity index is 729. The maximum absolute atomic E-state index is 5.52. The molecular formula is C12H14N6S. The number of hydrazine groups is 1. The number of hydrogen-bond acceptors (Lipinski definition) is 6. The maximum Gasteiger partial charge on any atom is 0.152 e. The van der Waals surface area contributed by atoms with Gasteiger partial charge in [-0.2, -0.15) is 0 Å². The first-order chi connectivity index (χ1) is 9.19. The molecular weight excluding hydrogens is 260 g/mol. The number of anilines is 1. The van der Waals surface area contributed by atoms with Crippen molar-refractivity contribution in [2.24, 2.45) is 5.84 Å². The van der Waals surface area contributed by atoms with E-state index in [4.69, 9.17) is 5.84 Å². The number of hydrogen-bond donors (Lipinski definition) is 2. The van der Waals surface area contributed by atoms with Crippen LogP contribution in [0.25, 0.3) is 10.2 Å². The van der Waals surface area contributed by atoms with E-state index in [0.717, 1.165) is 27.4 Å². The molecule has 0 amide bonds. The third-order valence-electron chi connectivity index (χ3n) is 3.17. The highest BCUT2D eigenvalue weighted by molar-refractivity contribution is 7.16. The van der Waals surface area contributed by atoms with Crippen molar-refractivity contribution in [1.29, 1.82) is 0 Å². The first-order valence-electron chi connectivity index (χ1n) is 5.88. The van der Waals surface area contributed by atoms with Gasteiger partial charge < -0.3 is 9.99 Å². The number of rotatable bonds is 3. The highest BCUT2D eigenvalue weighted by Gasteiger charge is 2.10. The summed E-state index contributed by atoms with van der Waals surface area (Å²) >= 11 is 1.58. The molecule has 0 spiro atoms. The molecule has 3 aromatic rings. The number of aromatic nitrogens is 4. The zero-order chi connectivity index (χ0) is 13.4. The predicted octanol–water partition coefficient (Wildman–Crippen LogP) is 1.84. The van der Waals surface area contributed by atoms with Crippen LogP contribution in [0.2, 0.25) is 0 Å². The number of imidazole rings is 1. The van der Waals surface area contributed by atoms with Crippen LogP contribution < -0.4 is 11.3 Å². The van der Waals surface area contributed by atoms with Crippen molar-refractivity contribution < 1.29 is 0 Å². The zero-order valence-electron chi connectivity index (χ0n) is 10.7. The van der Waals surface area contributed by atoms with Gasteiger partial charge in [0.25, 0.3) is 0 Å². The summed E-state index contributed by atoms with van der Waals surface area (Å²) in [6.07, 6.45) is 1.81.